The van der Waals surface area contributed by atoms with E-state index in [1.165, 1.54) is 24.0 Å². The Morgan fingerprint density at radius 3 is 1.76 bits per heavy atom. The highest BCUT2D eigenvalue weighted by molar-refractivity contribution is 8.11. The lowest BCUT2D eigenvalue weighted by molar-refractivity contribution is 0.578. The van der Waals surface area contributed by atoms with E-state index in [9.17, 15) is 0 Å². The number of rotatable bonds is 5. The standard InChI is InChI=1S/C8H16S2.C2H4S2.CH2S2/c1-3-5-6-7(4-2)8(9)10;1-2(3)4;2-1-3/h7H,3-6H2,1-2H3,(H,9,10);1H3,(H,3,4);1H,(H,2,3). The Balaban J connectivity index is -0.000000232. The van der Waals surface area contributed by atoms with E-state index in [-0.39, 0.29) is 0 Å². The van der Waals surface area contributed by atoms with Gasteiger partial charge < -0.3 is 0 Å². The van der Waals surface area contributed by atoms with Crippen molar-refractivity contribution in [1.29, 1.82) is 0 Å². The first-order valence-electron chi connectivity index (χ1n) is 5.37. The molecule has 0 spiro atoms. The van der Waals surface area contributed by atoms with Crippen LogP contribution in [0.5, 0.6) is 0 Å². The van der Waals surface area contributed by atoms with Crippen molar-refractivity contribution >= 4 is 87.6 Å². The van der Waals surface area contributed by atoms with Crippen molar-refractivity contribution in [3.63, 3.8) is 0 Å². The van der Waals surface area contributed by atoms with E-state index in [1.807, 2.05) is 0 Å². The summed E-state index contributed by atoms with van der Waals surface area (Å²) in [6.07, 6.45) is 4.89. The summed E-state index contributed by atoms with van der Waals surface area (Å²) in [6, 6.07) is 0. The van der Waals surface area contributed by atoms with E-state index in [4.69, 9.17) is 12.2 Å². The minimum absolute atomic E-state index is 0.568. The Bertz CT molecular complexity index is 198. The average molecular weight is 347 g/mol. The maximum atomic E-state index is 4.99. The summed E-state index contributed by atoms with van der Waals surface area (Å²) < 4.78 is 2.86. The molecule has 17 heavy (non-hydrogen) atoms. The second-order valence-corrected chi connectivity index (χ2v) is 6.86. The van der Waals surface area contributed by atoms with Gasteiger partial charge in [-0.1, -0.05) is 63.3 Å². The van der Waals surface area contributed by atoms with Crippen LogP contribution in [-0.4, -0.2) is 13.1 Å². The summed E-state index contributed by atoms with van der Waals surface area (Å²) in [5.74, 6) is 0.568. The van der Waals surface area contributed by atoms with Gasteiger partial charge in [-0.25, -0.2) is 0 Å². The van der Waals surface area contributed by atoms with Crippen molar-refractivity contribution in [2.45, 2.75) is 46.5 Å². The van der Waals surface area contributed by atoms with Gasteiger partial charge in [0, 0.05) is 13.1 Å². The van der Waals surface area contributed by atoms with Crippen molar-refractivity contribution in [3.05, 3.63) is 0 Å². The van der Waals surface area contributed by atoms with Crippen molar-refractivity contribution < 1.29 is 0 Å². The Morgan fingerprint density at radius 1 is 1.24 bits per heavy atom. The maximum Gasteiger partial charge on any atom is 0.0478 e. The number of thiocarbonyl (C=S) groups is 3. The van der Waals surface area contributed by atoms with Crippen LogP contribution in [0.25, 0.3) is 0 Å². The zero-order valence-corrected chi connectivity index (χ0v) is 15.7. The van der Waals surface area contributed by atoms with Crippen LogP contribution in [0.2, 0.25) is 0 Å². The average Bonchev–Trinajstić information content (AvgIpc) is 2.18. The fraction of sp³-hybridized carbons (Fsp3) is 0.727. The second kappa shape index (κ2) is 19.7. The van der Waals surface area contributed by atoms with Gasteiger partial charge in [-0.05, 0) is 25.7 Å². The first kappa shape index (κ1) is 23.4. The molecular formula is C11H22S6. The molecule has 0 aliphatic heterocycles. The van der Waals surface area contributed by atoms with Crippen molar-refractivity contribution in [1.82, 2.24) is 0 Å². The summed E-state index contributed by atoms with van der Waals surface area (Å²) >= 11 is 24.9. The minimum atomic E-state index is 0.568. The zero-order chi connectivity index (χ0) is 14.3. The quantitative estimate of drug-likeness (QED) is 0.438. The highest BCUT2D eigenvalue weighted by Gasteiger charge is 2.06. The van der Waals surface area contributed by atoms with Gasteiger partial charge in [0.05, 0.1) is 0 Å². The molecule has 102 valence electrons. The summed E-state index contributed by atoms with van der Waals surface area (Å²) in [6.45, 7) is 6.13. The first-order chi connectivity index (χ1) is 7.87. The smallest absolute Gasteiger partial charge is 0.0478 e. The topological polar surface area (TPSA) is 0 Å². The number of hydrogen-bond acceptors (Lipinski definition) is 3. The summed E-state index contributed by atoms with van der Waals surface area (Å²) in [5, 5.41) is 0. The van der Waals surface area contributed by atoms with Crippen molar-refractivity contribution in [2.75, 3.05) is 0 Å². The van der Waals surface area contributed by atoms with Crippen molar-refractivity contribution in [3.8, 4) is 0 Å². The zero-order valence-electron chi connectivity index (χ0n) is 10.5. The lowest BCUT2D eigenvalue weighted by atomic mass is 10.0. The van der Waals surface area contributed by atoms with Gasteiger partial charge in [-0.15, -0.1) is 37.9 Å². The number of hydrogen-bond donors (Lipinski definition) is 3. The molecule has 0 aliphatic rings. The largest absolute Gasteiger partial charge is 0.140 e. The predicted molar refractivity (Wildman–Crippen MR) is 105 cm³/mol. The fourth-order valence-corrected chi connectivity index (χ4v) is 1.55. The SMILES string of the molecule is CC(=S)S.CCCCC(CC)C(=S)S.S=CS. The van der Waals surface area contributed by atoms with Crippen LogP contribution in [-0.2, 0) is 0 Å². The number of thiol groups is 3. The molecule has 6 heteroatoms. The molecular weight excluding hydrogens is 325 g/mol. The molecule has 1 unspecified atom stereocenters. The van der Waals surface area contributed by atoms with Crippen LogP contribution in [0.3, 0.4) is 0 Å². The van der Waals surface area contributed by atoms with Crippen molar-refractivity contribution in [2.24, 2.45) is 5.92 Å². The third-order valence-corrected chi connectivity index (χ3v) is 2.45. The Kier molecular flexibility index (Phi) is 27.1. The summed E-state index contributed by atoms with van der Waals surface area (Å²) in [5.41, 5.74) is 0. The number of unbranched alkanes of at least 4 members (excludes halogenated alkanes) is 1. The Morgan fingerprint density at radius 2 is 1.59 bits per heavy atom. The Hall–Kier alpha value is 1.32. The van der Waals surface area contributed by atoms with Gasteiger partial charge in [0.2, 0.25) is 0 Å². The van der Waals surface area contributed by atoms with Crippen LogP contribution in [0.1, 0.15) is 46.5 Å². The maximum absolute atomic E-state index is 4.99. The highest BCUT2D eigenvalue weighted by Crippen LogP contribution is 2.16. The van der Waals surface area contributed by atoms with E-state index in [0.29, 0.717) is 10.1 Å². The van der Waals surface area contributed by atoms with Crippen LogP contribution >= 0.6 is 74.5 Å². The van der Waals surface area contributed by atoms with E-state index in [2.05, 4.69) is 76.2 Å². The molecule has 0 N–H and O–H groups in total. The molecule has 0 aromatic rings. The summed E-state index contributed by atoms with van der Waals surface area (Å²) in [4.78, 5) is 0. The molecule has 0 aromatic carbocycles. The van der Waals surface area contributed by atoms with E-state index >= 15 is 0 Å². The summed E-state index contributed by atoms with van der Waals surface area (Å²) in [7, 11) is 0. The molecule has 0 fully saturated rings. The molecule has 0 heterocycles. The van der Waals surface area contributed by atoms with Gasteiger partial charge in [0.15, 0.2) is 0 Å². The Labute approximate surface area is 139 Å². The van der Waals surface area contributed by atoms with E-state index < -0.39 is 0 Å². The first-order valence-corrected chi connectivity index (χ1v) is 8.07. The van der Waals surface area contributed by atoms with E-state index in [1.54, 1.807) is 6.92 Å². The van der Waals surface area contributed by atoms with Gasteiger partial charge in [-0.2, -0.15) is 0 Å². The minimum Gasteiger partial charge on any atom is -0.140 e. The van der Waals surface area contributed by atoms with Gasteiger partial charge >= 0.3 is 0 Å². The molecule has 0 nitrogen and oxygen atoms in total. The molecule has 0 aliphatic carbocycles. The molecule has 0 rings (SSSR count). The lowest BCUT2D eigenvalue weighted by Gasteiger charge is -2.10. The van der Waals surface area contributed by atoms with Crippen LogP contribution in [0, 0.1) is 5.92 Å². The third kappa shape index (κ3) is 31.7. The highest BCUT2D eigenvalue weighted by atomic mass is 32.1. The molecule has 0 saturated heterocycles. The van der Waals surface area contributed by atoms with Crippen LogP contribution in [0.4, 0.5) is 0 Å². The van der Waals surface area contributed by atoms with E-state index in [0.717, 1.165) is 10.6 Å². The van der Waals surface area contributed by atoms with Gasteiger partial charge in [0.25, 0.3) is 0 Å². The monoisotopic (exact) mass is 346 g/mol. The normalized spacial score (nSPS) is 10.0. The van der Waals surface area contributed by atoms with Gasteiger partial charge in [-0.3, -0.25) is 0 Å². The molecule has 1 atom stereocenters. The molecule has 0 radical (unpaired) electrons. The fourth-order valence-electron chi connectivity index (χ4n) is 0.953. The van der Waals surface area contributed by atoms with Gasteiger partial charge in [0.1, 0.15) is 0 Å². The molecule has 0 bridgehead atoms. The van der Waals surface area contributed by atoms with Crippen LogP contribution in [0.15, 0.2) is 0 Å². The van der Waals surface area contributed by atoms with Crippen LogP contribution < -0.4 is 0 Å². The predicted octanol–water partition coefficient (Wildman–Crippen LogP) is 5.60. The lowest BCUT2D eigenvalue weighted by Crippen LogP contribution is -2.04. The molecule has 0 saturated carbocycles. The third-order valence-electron chi connectivity index (χ3n) is 1.75. The molecule has 0 aromatic heterocycles. The molecule has 0 amide bonds. The second-order valence-electron chi connectivity index (χ2n) is 3.21.